The Bertz CT molecular complexity index is 563. The molecule has 2 aliphatic heterocycles. The molecule has 2 fully saturated rings. The molecular weight excluding hydrogens is 321 g/mol. The van der Waals surface area contributed by atoms with E-state index in [1.165, 1.54) is 31.4 Å². The van der Waals surface area contributed by atoms with Crippen LogP contribution >= 0.6 is 0 Å². The van der Waals surface area contributed by atoms with E-state index >= 15 is 0 Å². The molecule has 6 heteroatoms. The Morgan fingerprint density at radius 1 is 1.20 bits per heavy atom. The van der Waals surface area contributed by atoms with Crippen molar-refractivity contribution >= 4 is 6.03 Å². The molecule has 1 atom stereocenters. The van der Waals surface area contributed by atoms with E-state index < -0.39 is 0 Å². The minimum absolute atomic E-state index is 0.0699. The Balaban J connectivity index is 1.50. The molecule has 5 nitrogen and oxygen atoms in total. The molecule has 2 heterocycles. The van der Waals surface area contributed by atoms with Crippen LogP contribution in [0.1, 0.15) is 31.2 Å². The average molecular weight is 349 g/mol. The van der Waals surface area contributed by atoms with Crippen LogP contribution in [0.2, 0.25) is 0 Å². The number of amides is 2. The molecule has 0 bridgehead atoms. The number of halogens is 1. The summed E-state index contributed by atoms with van der Waals surface area (Å²) in [6.07, 6.45) is 4.75. The van der Waals surface area contributed by atoms with Crippen LogP contribution in [0.25, 0.3) is 0 Å². The topological polar surface area (TPSA) is 44.8 Å². The number of nitrogens with zero attached hydrogens (tertiary/aromatic N) is 2. The van der Waals surface area contributed by atoms with Gasteiger partial charge in [-0.25, -0.2) is 9.18 Å². The Kier molecular flexibility index (Phi) is 6.64. The van der Waals surface area contributed by atoms with Crippen LogP contribution in [-0.2, 0) is 11.3 Å². The van der Waals surface area contributed by atoms with Gasteiger partial charge in [0.2, 0.25) is 0 Å². The molecule has 138 valence electrons. The van der Waals surface area contributed by atoms with E-state index in [1.54, 1.807) is 6.07 Å². The Labute approximate surface area is 149 Å². The van der Waals surface area contributed by atoms with E-state index in [9.17, 15) is 9.18 Å². The lowest BCUT2D eigenvalue weighted by atomic mass is 10.1. The van der Waals surface area contributed by atoms with E-state index in [1.807, 2.05) is 11.0 Å². The van der Waals surface area contributed by atoms with Crippen molar-refractivity contribution in [3.05, 3.63) is 35.6 Å². The standard InChI is InChI=1S/C19H28FN3O2/c20-17-7-4-6-16(12-17)13-21-19(24)23-10-5-11-25-18(15-23)14-22-8-2-1-3-9-22/h4,6-7,12,18H,1-3,5,8-11,13-15H2,(H,21,24)/t18-/m0/s1. The fourth-order valence-electron chi connectivity index (χ4n) is 3.56. The number of likely N-dealkylation sites (tertiary alicyclic amines) is 1. The van der Waals surface area contributed by atoms with Gasteiger partial charge in [0.1, 0.15) is 5.82 Å². The Morgan fingerprint density at radius 2 is 2.04 bits per heavy atom. The van der Waals surface area contributed by atoms with E-state index in [-0.39, 0.29) is 18.0 Å². The zero-order valence-corrected chi connectivity index (χ0v) is 14.8. The second kappa shape index (κ2) is 9.15. The zero-order chi connectivity index (χ0) is 17.5. The second-order valence-electron chi connectivity index (χ2n) is 6.94. The number of ether oxygens (including phenoxy) is 1. The van der Waals surface area contributed by atoms with E-state index in [4.69, 9.17) is 4.74 Å². The highest BCUT2D eigenvalue weighted by atomic mass is 19.1. The number of piperidine rings is 1. The van der Waals surface area contributed by atoms with Gasteiger partial charge in [-0.1, -0.05) is 18.6 Å². The fourth-order valence-corrected chi connectivity index (χ4v) is 3.56. The minimum atomic E-state index is -0.281. The van der Waals surface area contributed by atoms with Crippen LogP contribution < -0.4 is 5.32 Å². The van der Waals surface area contributed by atoms with Crippen LogP contribution in [0.4, 0.5) is 9.18 Å². The second-order valence-corrected chi connectivity index (χ2v) is 6.94. The van der Waals surface area contributed by atoms with Crippen molar-refractivity contribution in [3.63, 3.8) is 0 Å². The van der Waals surface area contributed by atoms with Gasteiger partial charge in [0.15, 0.2) is 0 Å². The van der Waals surface area contributed by atoms with Gasteiger partial charge in [-0.3, -0.25) is 0 Å². The first-order valence-corrected chi connectivity index (χ1v) is 9.32. The molecule has 2 aliphatic rings. The summed E-state index contributed by atoms with van der Waals surface area (Å²) < 4.78 is 19.2. The van der Waals surface area contributed by atoms with Crippen LogP contribution in [0.15, 0.2) is 24.3 Å². The summed E-state index contributed by atoms with van der Waals surface area (Å²) in [5.41, 5.74) is 0.768. The van der Waals surface area contributed by atoms with Gasteiger partial charge in [0.25, 0.3) is 0 Å². The summed E-state index contributed by atoms with van der Waals surface area (Å²) >= 11 is 0. The lowest BCUT2D eigenvalue weighted by Gasteiger charge is -2.31. The molecule has 1 aromatic carbocycles. The van der Waals surface area contributed by atoms with Crippen molar-refractivity contribution < 1.29 is 13.9 Å². The zero-order valence-electron chi connectivity index (χ0n) is 14.8. The molecule has 1 N–H and O–H groups in total. The fraction of sp³-hybridized carbons (Fsp3) is 0.632. The monoisotopic (exact) mass is 349 g/mol. The third-order valence-corrected chi connectivity index (χ3v) is 4.88. The number of rotatable bonds is 4. The van der Waals surface area contributed by atoms with Gasteiger partial charge in [-0.15, -0.1) is 0 Å². The number of hydrogen-bond donors (Lipinski definition) is 1. The summed E-state index contributed by atoms with van der Waals surface area (Å²) in [7, 11) is 0. The minimum Gasteiger partial charge on any atom is -0.375 e. The average Bonchev–Trinajstić information content (AvgIpc) is 2.86. The third kappa shape index (κ3) is 5.68. The normalized spacial score (nSPS) is 22.4. The first kappa shape index (κ1) is 18.1. The lowest BCUT2D eigenvalue weighted by molar-refractivity contribution is 0.0256. The predicted octanol–water partition coefficient (Wildman–Crippen LogP) is 2.61. The number of nitrogens with one attached hydrogen (secondary N) is 1. The molecular formula is C19H28FN3O2. The molecule has 3 rings (SSSR count). The maximum atomic E-state index is 13.2. The first-order valence-electron chi connectivity index (χ1n) is 9.32. The summed E-state index contributed by atoms with van der Waals surface area (Å²) in [6.45, 7) is 5.51. The van der Waals surface area contributed by atoms with Crippen molar-refractivity contribution in [2.75, 3.05) is 39.3 Å². The number of hydrogen-bond acceptors (Lipinski definition) is 3. The van der Waals surface area contributed by atoms with E-state index in [0.29, 0.717) is 26.2 Å². The lowest BCUT2D eigenvalue weighted by Crippen LogP contribution is -2.46. The van der Waals surface area contributed by atoms with Gasteiger partial charge in [0, 0.05) is 32.8 Å². The smallest absolute Gasteiger partial charge is 0.317 e. The highest BCUT2D eigenvalue weighted by molar-refractivity contribution is 5.74. The van der Waals surface area contributed by atoms with Crippen molar-refractivity contribution in [3.8, 4) is 0 Å². The van der Waals surface area contributed by atoms with Crippen molar-refractivity contribution in [2.45, 2.75) is 38.3 Å². The Morgan fingerprint density at radius 3 is 2.84 bits per heavy atom. The van der Waals surface area contributed by atoms with Crippen LogP contribution in [0.3, 0.4) is 0 Å². The van der Waals surface area contributed by atoms with Crippen LogP contribution in [-0.4, -0.2) is 61.3 Å². The van der Waals surface area contributed by atoms with Crippen molar-refractivity contribution in [1.29, 1.82) is 0 Å². The van der Waals surface area contributed by atoms with Gasteiger partial charge in [-0.05, 0) is 50.0 Å². The van der Waals surface area contributed by atoms with Crippen LogP contribution in [0.5, 0.6) is 0 Å². The van der Waals surface area contributed by atoms with Crippen LogP contribution in [0, 0.1) is 5.82 Å². The van der Waals surface area contributed by atoms with Gasteiger partial charge >= 0.3 is 6.03 Å². The van der Waals surface area contributed by atoms with E-state index in [0.717, 1.165) is 31.6 Å². The van der Waals surface area contributed by atoms with Gasteiger partial charge < -0.3 is 19.9 Å². The SMILES string of the molecule is O=C(NCc1cccc(F)c1)N1CCCO[C@@H](CN2CCCCC2)C1. The number of benzene rings is 1. The van der Waals surface area contributed by atoms with Crippen molar-refractivity contribution in [2.24, 2.45) is 0 Å². The highest BCUT2D eigenvalue weighted by Gasteiger charge is 2.24. The third-order valence-electron chi connectivity index (χ3n) is 4.88. The summed E-state index contributed by atoms with van der Waals surface area (Å²) in [5, 5.41) is 2.90. The number of carbonyl (C=O) groups is 1. The molecule has 0 aromatic heterocycles. The largest absolute Gasteiger partial charge is 0.375 e. The summed E-state index contributed by atoms with van der Waals surface area (Å²) in [5.74, 6) is -0.281. The highest BCUT2D eigenvalue weighted by Crippen LogP contribution is 2.13. The predicted molar refractivity (Wildman–Crippen MR) is 94.9 cm³/mol. The quantitative estimate of drug-likeness (QED) is 0.909. The van der Waals surface area contributed by atoms with Gasteiger partial charge in [0.05, 0.1) is 6.10 Å². The molecule has 0 saturated carbocycles. The number of urea groups is 1. The van der Waals surface area contributed by atoms with E-state index in [2.05, 4.69) is 10.2 Å². The maximum absolute atomic E-state index is 13.2. The summed E-state index contributed by atoms with van der Waals surface area (Å²) in [6, 6.07) is 6.23. The molecule has 0 aliphatic carbocycles. The van der Waals surface area contributed by atoms with Crippen molar-refractivity contribution in [1.82, 2.24) is 15.1 Å². The molecule has 0 radical (unpaired) electrons. The molecule has 1 aromatic rings. The molecule has 0 spiro atoms. The maximum Gasteiger partial charge on any atom is 0.317 e. The molecule has 2 amide bonds. The summed E-state index contributed by atoms with van der Waals surface area (Å²) in [4.78, 5) is 16.8. The van der Waals surface area contributed by atoms with Gasteiger partial charge in [-0.2, -0.15) is 0 Å². The number of carbonyl (C=O) groups excluding carboxylic acids is 1. The Hall–Kier alpha value is -1.66. The molecule has 0 unspecified atom stereocenters. The molecule has 25 heavy (non-hydrogen) atoms. The molecule has 2 saturated heterocycles. The first-order chi connectivity index (χ1) is 12.2.